The average molecular weight is 294 g/mol. The van der Waals surface area contributed by atoms with Gasteiger partial charge in [-0.05, 0) is 19.1 Å². The van der Waals surface area contributed by atoms with Gasteiger partial charge in [0.15, 0.2) is 0 Å². The van der Waals surface area contributed by atoms with E-state index in [-0.39, 0.29) is 5.75 Å². The summed E-state index contributed by atoms with van der Waals surface area (Å²) in [5.41, 5.74) is 2.06. The average Bonchev–Trinajstić information content (AvgIpc) is 2.45. The van der Waals surface area contributed by atoms with Gasteiger partial charge in [0.1, 0.15) is 11.5 Å². The molecule has 1 N–H and O–H groups in total. The fourth-order valence-corrected chi connectivity index (χ4v) is 1.91. The van der Waals surface area contributed by atoms with Crippen molar-refractivity contribution in [3.05, 3.63) is 47.8 Å². The summed E-state index contributed by atoms with van der Waals surface area (Å²) in [4.78, 5) is 4.36. The van der Waals surface area contributed by atoms with Gasteiger partial charge in [-0.3, -0.25) is 4.98 Å². The lowest BCUT2D eigenvalue weighted by atomic mass is 10.2. The van der Waals surface area contributed by atoms with Gasteiger partial charge < -0.3 is 14.8 Å². The minimum Gasteiger partial charge on any atom is -0.497 e. The number of hydrogen-bond acceptors (Lipinski definition) is 4. The second kappa shape index (κ2) is 6.88. The lowest BCUT2D eigenvalue weighted by molar-refractivity contribution is -0.0493. The van der Waals surface area contributed by atoms with Gasteiger partial charge in [-0.2, -0.15) is 8.78 Å². The monoisotopic (exact) mass is 294 g/mol. The largest absolute Gasteiger partial charge is 0.497 e. The summed E-state index contributed by atoms with van der Waals surface area (Å²) in [6.45, 7) is -0.619. The maximum atomic E-state index is 12.3. The molecule has 1 aromatic heterocycles. The zero-order valence-corrected chi connectivity index (χ0v) is 11.8. The first-order valence-corrected chi connectivity index (χ1v) is 6.38. The van der Waals surface area contributed by atoms with Gasteiger partial charge in [-0.25, -0.2) is 0 Å². The fourth-order valence-electron chi connectivity index (χ4n) is 1.91. The molecule has 21 heavy (non-hydrogen) atoms. The summed E-state index contributed by atoms with van der Waals surface area (Å²) >= 11 is 0. The van der Waals surface area contributed by atoms with E-state index in [1.54, 1.807) is 31.4 Å². The Labute approximate surface area is 121 Å². The highest BCUT2D eigenvalue weighted by Crippen LogP contribution is 2.26. The number of rotatable bonds is 6. The van der Waals surface area contributed by atoms with E-state index in [2.05, 4.69) is 15.0 Å². The first-order chi connectivity index (χ1) is 10.1. The molecule has 0 atom stereocenters. The van der Waals surface area contributed by atoms with E-state index in [1.165, 1.54) is 6.07 Å². The molecule has 2 rings (SSSR count). The molecule has 1 aromatic carbocycles. The quantitative estimate of drug-likeness (QED) is 0.884. The Morgan fingerprint density at radius 1 is 1.24 bits per heavy atom. The zero-order valence-electron chi connectivity index (χ0n) is 11.8. The number of nitrogens with zero attached hydrogens (tertiary/aromatic N) is 1. The van der Waals surface area contributed by atoms with Gasteiger partial charge in [0, 0.05) is 17.8 Å². The van der Waals surface area contributed by atoms with Crippen LogP contribution in [0.4, 0.5) is 14.5 Å². The zero-order chi connectivity index (χ0) is 15.2. The standard InChI is InChI=1S/C15H16F2N2O2/c1-10-7-12(20-2)8-11(19-10)9-18-13-5-3-4-6-14(13)21-15(16)17/h3-8,15,18H,9H2,1-2H3. The van der Waals surface area contributed by atoms with Crippen LogP contribution >= 0.6 is 0 Å². The number of pyridine rings is 1. The van der Waals surface area contributed by atoms with Crippen molar-refractivity contribution in [2.45, 2.75) is 20.1 Å². The molecule has 2 aromatic rings. The summed E-state index contributed by atoms with van der Waals surface area (Å²) in [5.74, 6) is 0.809. The second-order valence-electron chi connectivity index (χ2n) is 4.37. The highest BCUT2D eigenvalue weighted by atomic mass is 19.3. The number of benzene rings is 1. The van der Waals surface area contributed by atoms with Crippen molar-refractivity contribution in [2.75, 3.05) is 12.4 Å². The van der Waals surface area contributed by atoms with Crippen LogP contribution in [0.25, 0.3) is 0 Å². The molecule has 0 saturated heterocycles. The number of aromatic nitrogens is 1. The topological polar surface area (TPSA) is 43.4 Å². The van der Waals surface area contributed by atoms with Gasteiger partial charge in [-0.1, -0.05) is 12.1 Å². The van der Waals surface area contributed by atoms with E-state index in [0.29, 0.717) is 18.0 Å². The Bertz CT molecular complexity index is 606. The van der Waals surface area contributed by atoms with E-state index >= 15 is 0 Å². The van der Waals surface area contributed by atoms with Crippen LogP contribution in [0.15, 0.2) is 36.4 Å². The number of anilines is 1. The Balaban J connectivity index is 2.11. The normalized spacial score (nSPS) is 10.5. The lowest BCUT2D eigenvalue weighted by Crippen LogP contribution is -2.07. The SMILES string of the molecule is COc1cc(C)nc(CNc2ccccc2OC(F)F)c1. The van der Waals surface area contributed by atoms with E-state index in [1.807, 2.05) is 13.0 Å². The molecule has 0 amide bonds. The Hall–Kier alpha value is -2.37. The van der Waals surface area contributed by atoms with Crippen molar-refractivity contribution in [1.29, 1.82) is 0 Å². The Morgan fingerprint density at radius 3 is 2.71 bits per heavy atom. The van der Waals surface area contributed by atoms with Crippen molar-refractivity contribution in [3.8, 4) is 11.5 Å². The summed E-state index contributed by atoms with van der Waals surface area (Å²) in [6, 6.07) is 10.1. The number of alkyl halides is 2. The Morgan fingerprint density at radius 2 is 2.00 bits per heavy atom. The number of methoxy groups -OCH3 is 1. The summed E-state index contributed by atoms with van der Waals surface area (Å²) in [6.07, 6.45) is 0. The molecule has 4 nitrogen and oxygen atoms in total. The van der Waals surface area contributed by atoms with Crippen LogP contribution in [-0.2, 0) is 6.54 Å². The van der Waals surface area contributed by atoms with Crippen LogP contribution in [0.5, 0.6) is 11.5 Å². The van der Waals surface area contributed by atoms with Gasteiger partial charge in [0.05, 0.1) is 25.0 Å². The molecular formula is C15H16F2N2O2. The second-order valence-corrected chi connectivity index (χ2v) is 4.37. The maximum Gasteiger partial charge on any atom is 0.387 e. The number of para-hydroxylation sites is 2. The van der Waals surface area contributed by atoms with Gasteiger partial charge in [0.2, 0.25) is 0 Å². The third-order valence-corrected chi connectivity index (χ3v) is 2.78. The number of halogens is 2. The summed E-state index contributed by atoms with van der Waals surface area (Å²) < 4.78 is 34.3. The molecule has 0 radical (unpaired) electrons. The van der Waals surface area contributed by atoms with Gasteiger partial charge >= 0.3 is 6.61 Å². The van der Waals surface area contributed by atoms with Crippen LogP contribution in [-0.4, -0.2) is 18.7 Å². The van der Waals surface area contributed by atoms with E-state index in [0.717, 1.165) is 11.4 Å². The first-order valence-electron chi connectivity index (χ1n) is 6.38. The van der Waals surface area contributed by atoms with Crippen LogP contribution in [0, 0.1) is 6.92 Å². The highest BCUT2D eigenvalue weighted by Gasteiger charge is 2.09. The van der Waals surface area contributed by atoms with E-state index in [4.69, 9.17) is 4.74 Å². The molecule has 112 valence electrons. The van der Waals surface area contributed by atoms with Gasteiger partial charge in [-0.15, -0.1) is 0 Å². The lowest BCUT2D eigenvalue weighted by Gasteiger charge is -2.13. The van der Waals surface area contributed by atoms with Crippen molar-refractivity contribution < 1.29 is 18.3 Å². The molecule has 0 saturated carbocycles. The van der Waals surface area contributed by atoms with Crippen molar-refractivity contribution in [2.24, 2.45) is 0 Å². The van der Waals surface area contributed by atoms with Crippen molar-refractivity contribution in [1.82, 2.24) is 4.98 Å². The number of ether oxygens (including phenoxy) is 2. The molecule has 0 fully saturated rings. The predicted molar refractivity (Wildman–Crippen MR) is 75.9 cm³/mol. The third-order valence-electron chi connectivity index (χ3n) is 2.78. The molecular weight excluding hydrogens is 278 g/mol. The molecule has 0 aliphatic carbocycles. The minimum atomic E-state index is -2.86. The first kappa shape index (κ1) is 15.0. The molecule has 0 unspecified atom stereocenters. The summed E-state index contributed by atoms with van der Waals surface area (Å²) in [7, 11) is 1.58. The van der Waals surface area contributed by atoms with Crippen LogP contribution in [0.2, 0.25) is 0 Å². The molecule has 0 bridgehead atoms. The predicted octanol–water partition coefficient (Wildman–Crippen LogP) is 3.61. The third kappa shape index (κ3) is 4.30. The van der Waals surface area contributed by atoms with Crippen LogP contribution in [0.3, 0.4) is 0 Å². The van der Waals surface area contributed by atoms with Crippen LogP contribution in [0.1, 0.15) is 11.4 Å². The number of aryl methyl sites for hydroxylation is 1. The van der Waals surface area contributed by atoms with Gasteiger partial charge in [0.25, 0.3) is 0 Å². The molecule has 6 heteroatoms. The number of nitrogens with one attached hydrogen (secondary N) is 1. The molecule has 0 aliphatic heterocycles. The van der Waals surface area contributed by atoms with E-state index < -0.39 is 6.61 Å². The molecule has 0 aliphatic rings. The summed E-state index contributed by atoms with van der Waals surface area (Å²) in [5, 5.41) is 3.04. The minimum absolute atomic E-state index is 0.104. The van der Waals surface area contributed by atoms with E-state index in [9.17, 15) is 8.78 Å². The van der Waals surface area contributed by atoms with Crippen LogP contribution < -0.4 is 14.8 Å². The van der Waals surface area contributed by atoms with Crippen molar-refractivity contribution >= 4 is 5.69 Å². The Kier molecular flexibility index (Phi) is 4.92. The fraction of sp³-hybridized carbons (Fsp3) is 0.267. The molecule has 0 spiro atoms. The number of hydrogen-bond donors (Lipinski definition) is 1. The molecule has 1 heterocycles. The van der Waals surface area contributed by atoms with Crippen molar-refractivity contribution in [3.63, 3.8) is 0 Å². The smallest absolute Gasteiger partial charge is 0.387 e. The maximum absolute atomic E-state index is 12.3. The highest BCUT2D eigenvalue weighted by molar-refractivity contribution is 5.56.